The monoisotopic (exact) mass is 573 g/mol. The highest BCUT2D eigenvalue weighted by Crippen LogP contribution is 2.42. The molecule has 0 spiro atoms. The summed E-state index contributed by atoms with van der Waals surface area (Å²) in [5.74, 6) is -0.0560. The van der Waals surface area contributed by atoms with Crippen LogP contribution in [0.25, 0.3) is 6.08 Å². The summed E-state index contributed by atoms with van der Waals surface area (Å²) < 4.78 is 0. The number of carbonyl (C=O) groups excluding carboxylic acids is 2. The number of aryl methyl sites for hydroxylation is 1. The largest absolute Gasteiger partial charge is 0.349 e. The molecule has 2 aliphatic rings. The Morgan fingerprint density at radius 2 is 1.55 bits per heavy atom. The molecule has 2 heterocycles. The van der Waals surface area contributed by atoms with Crippen molar-refractivity contribution in [2.24, 2.45) is 0 Å². The lowest BCUT2D eigenvalue weighted by atomic mass is 10.0. The number of hydrogen-bond donors (Lipinski definition) is 1. The fourth-order valence-electron chi connectivity index (χ4n) is 5.60. The van der Waals surface area contributed by atoms with Gasteiger partial charge in [0.15, 0.2) is 0 Å². The number of nitrogens with one attached hydrogen (secondary N) is 1. The smallest absolute Gasteiger partial charge is 0.265 e. The topological polar surface area (TPSA) is 52.7 Å². The molecule has 6 rings (SSSR count). The van der Waals surface area contributed by atoms with Crippen LogP contribution in [0.5, 0.6) is 0 Å². The van der Waals surface area contributed by atoms with Gasteiger partial charge in [-0.05, 0) is 72.4 Å². The van der Waals surface area contributed by atoms with Gasteiger partial charge in [-0.2, -0.15) is 0 Å². The molecule has 1 saturated heterocycles. The molecule has 5 nitrogen and oxygen atoms in total. The molecule has 0 aromatic heterocycles. The third-order valence-electron chi connectivity index (χ3n) is 8.06. The Balaban J connectivity index is 1.10. The Morgan fingerprint density at radius 3 is 2.31 bits per heavy atom. The number of anilines is 1. The number of hydrogen-bond acceptors (Lipinski definition) is 4. The van der Waals surface area contributed by atoms with Gasteiger partial charge in [0, 0.05) is 36.1 Å². The van der Waals surface area contributed by atoms with Gasteiger partial charge in [0.2, 0.25) is 0 Å². The lowest BCUT2D eigenvalue weighted by Crippen LogP contribution is -2.44. The van der Waals surface area contributed by atoms with E-state index in [1.165, 1.54) is 17.3 Å². The second-order valence-corrected chi connectivity index (χ2v) is 12.1. The molecule has 4 aromatic rings. The standard InChI is InChI=1S/C36H35N3O2S/c1-26-9-5-6-12-30(26)25-39-32-13-7-8-14-33(32)42-34(36(39)41)23-27-15-17-29(18-16-27)35(40)37-31-19-21-38(22-20-31)24-28-10-3-2-4-11-28/h2-18,23,31H,19-22,24-25H2,1H3,(H,37,40). The molecular formula is C36H35N3O2S. The van der Waals surface area contributed by atoms with E-state index in [-0.39, 0.29) is 17.9 Å². The zero-order chi connectivity index (χ0) is 28.9. The minimum Gasteiger partial charge on any atom is -0.349 e. The Labute approximate surface area is 252 Å². The Kier molecular flexibility index (Phi) is 8.54. The molecule has 1 N–H and O–H groups in total. The normalized spacial score (nSPS) is 16.8. The van der Waals surface area contributed by atoms with Crippen LogP contribution in [0.4, 0.5) is 5.69 Å². The summed E-state index contributed by atoms with van der Waals surface area (Å²) in [7, 11) is 0. The van der Waals surface area contributed by atoms with Crippen LogP contribution in [0.1, 0.15) is 45.5 Å². The molecule has 6 heteroatoms. The first kappa shape index (κ1) is 28.0. The summed E-state index contributed by atoms with van der Waals surface area (Å²) in [6.45, 7) is 5.50. The van der Waals surface area contributed by atoms with Crippen LogP contribution in [-0.2, 0) is 17.9 Å². The van der Waals surface area contributed by atoms with Crippen LogP contribution >= 0.6 is 11.8 Å². The quantitative estimate of drug-likeness (QED) is 0.240. The van der Waals surface area contributed by atoms with Crippen molar-refractivity contribution < 1.29 is 9.59 Å². The highest BCUT2D eigenvalue weighted by Gasteiger charge is 2.29. The van der Waals surface area contributed by atoms with E-state index >= 15 is 0 Å². The predicted molar refractivity (Wildman–Crippen MR) is 171 cm³/mol. The average molecular weight is 574 g/mol. The van der Waals surface area contributed by atoms with E-state index in [1.54, 1.807) is 0 Å². The van der Waals surface area contributed by atoms with Gasteiger partial charge in [-0.15, -0.1) is 0 Å². The highest BCUT2D eigenvalue weighted by atomic mass is 32.2. The van der Waals surface area contributed by atoms with Gasteiger partial charge >= 0.3 is 0 Å². The van der Waals surface area contributed by atoms with Crippen LogP contribution in [0.3, 0.4) is 0 Å². The summed E-state index contributed by atoms with van der Waals surface area (Å²) >= 11 is 1.50. The maximum absolute atomic E-state index is 13.7. The summed E-state index contributed by atoms with van der Waals surface area (Å²) in [5, 5.41) is 3.23. The molecule has 0 bridgehead atoms. The van der Waals surface area contributed by atoms with Crippen LogP contribution in [0.2, 0.25) is 0 Å². The number of benzene rings is 4. The number of fused-ring (bicyclic) bond motifs is 1. The second kappa shape index (κ2) is 12.8. The van der Waals surface area contributed by atoms with Crippen molar-refractivity contribution in [3.8, 4) is 0 Å². The van der Waals surface area contributed by atoms with Crippen LogP contribution < -0.4 is 10.2 Å². The number of rotatable bonds is 7. The SMILES string of the molecule is Cc1ccccc1CN1C(=O)C(=Cc2ccc(C(=O)NC3CCN(Cc4ccccc4)CC3)cc2)Sc2ccccc21. The summed E-state index contributed by atoms with van der Waals surface area (Å²) in [6.07, 6.45) is 3.82. The number of carbonyl (C=O) groups is 2. The summed E-state index contributed by atoms with van der Waals surface area (Å²) in [6, 6.07) is 34.5. The van der Waals surface area contributed by atoms with E-state index in [0.717, 1.165) is 59.7 Å². The molecule has 0 unspecified atom stereocenters. The van der Waals surface area contributed by atoms with E-state index in [9.17, 15) is 9.59 Å². The predicted octanol–water partition coefficient (Wildman–Crippen LogP) is 7.07. The van der Waals surface area contributed by atoms with E-state index in [4.69, 9.17) is 0 Å². The third-order valence-corrected chi connectivity index (χ3v) is 9.14. The minimum absolute atomic E-state index is 0.0117. The number of para-hydroxylation sites is 1. The van der Waals surface area contributed by atoms with E-state index in [1.807, 2.05) is 71.6 Å². The van der Waals surface area contributed by atoms with Crippen molar-refractivity contribution in [2.45, 2.75) is 43.8 Å². The molecule has 212 valence electrons. The van der Waals surface area contributed by atoms with Gasteiger partial charge in [-0.3, -0.25) is 14.5 Å². The van der Waals surface area contributed by atoms with Crippen molar-refractivity contribution in [3.05, 3.63) is 136 Å². The van der Waals surface area contributed by atoms with Gasteiger partial charge in [0.25, 0.3) is 11.8 Å². The summed E-state index contributed by atoms with van der Waals surface area (Å²) in [4.78, 5) is 32.8. The first-order chi connectivity index (χ1) is 20.5. The third kappa shape index (κ3) is 6.51. The second-order valence-electron chi connectivity index (χ2n) is 11.0. The van der Waals surface area contributed by atoms with Crippen LogP contribution in [0, 0.1) is 6.92 Å². The maximum Gasteiger partial charge on any atom is 0.265 e. The molecular weight excluding hydrogens is 538 g/mol. The molecule has 0 radical (unpaired) electrons. The highest BCUT2D eigenvalue weighted by molar-refractivity contribution is 8.04. The van der Waals surface area contributed by atoms with Crippen molar-refractivity contribution in [3.63, 3.8) is 0 Å². The number of amides is 2. The van der Waals surface area contributed by atoms with Crippen LogP contribution in [0.15, 0.2) is 113 Å². The fourth-order valence-corrected chi connectivity index (χ4v) is 6.66. The van der Waals surface area contributed by atoms with Crippen molar-refractivity contribution >= 4 is 35.3 Å². The number of likely N-dealkylation sites (tertiary alicyclic amines) is 1. The first-order valence-corrected chi connectivity index (χ1v) is 15.4. The molecule has 4 aromatic carbocycles. The van der Waals surface area contributed by atoms with Gasteiger partial charge in [0.1, 0.15) is 0 Å². The molecule has 42 heavy (non-hydrogen) atoms. The van der Waals surface area contributed by atoms with Gasteiger partial charge < -0.3 is 10.2 Å². The van der Waals surface area contributed by atoms with Crippen molar-refractivity contribution in [2.75, 3.05) is 18.0 Å². The fraction of sp³-hybridized carbons (Fsp3) is 0.222. The van der Waals surface area contributed by atoms with Gasteiger partial charge in [0.05, 0.1) is 17.1 Å². The Hall–Kier alpha value is -4.13. The zero-order valence-electron chi connectivity index (χ0n) is 23.8. The molecule has 0 aliphatic carbocycles. The first-order valence-electron chi connectivity index (χ1n) is 14.6. The van der Waals surface area contributed by atoms with E-state index in [2.05, 4.69) is 59.6 Å². The van der Waals surface area contributed by atoms with Crippen molar-refractivity contribution in [1.82, 2.24) is 10.2 Å². The van der Waals surface area contributed by atoms with Crippen molar-refractivity contribution in [1.29, 1.82) is 0 Å². The molecule has 0 atom stereocenters. The molecule has 2 amide bonds. The number of thioether (sulfide) groups is 1. The molecule has 1 fully saturated rings. The lowest BCUT2D eigenvalue weighted by Gasteiger charge is -2.32. The zero-order valence-corrected chi connectivity index (χ0v) is 24.6. The molecule has 2 aliphatic heterocycles. The minimum atomic E-state index is -0.0443. The Bertz CT molecular complexity index is 1590. The molecule has 0 saturated carbocycles. The van der Waals surface area contributed by atoms with E-state index < -0.39 is 0 Å². The van der Waals surface area contributed by atoms with Gasteiger partial charge in [-0.1, -0.05) is 90.6 Å². The lowest BCUT2D eigenvalue weighted by molar-refractivity contribution is -0.114. The van der Waals surface area contributed by atoms with Crippen LogP contribution in [-0.4, -0.2) is 35.8 Å². The average Bonchev–Trinajstić information content (AvgIpc) is 3.02. The summed E-state index contributed by atoms with van der Waals surface area (Å²) in [5.41, 5.74) is 6.09. The number of piperidine rings is 1. The van der Waals surface area contributed by atoms with Gasteiger partial charge in [-0.25, -0.2) is 0 Å². The number of nitrogens with zero attached hydrogens (tertiary/aromatic N) is 2. The maximum atomic E-state index is 13.7. The van der Waals surface area contributed by atoms with E-state index in [0.29, 0.717) is 17.0 Å². The Morgan fingerprint density at radius 1 is 0.857 bits per heavy atom.